The summed E-state index contributed by atoms with van der Waals surface area (Å²) < 4.78 is 6.92. The van der Waals surface area contributed by atoms with Gasteiger partial charge in [-0.25, -0.2) is 4.79 Å². The predicted molar refractivity (Wildman–Crippen MR) is 65.4 cm³/mol. The van der Waals surface area contributed by atoms with Gasteiger partial charge in [0.25, 0.3) is 0 Å². The number of carboxylic acids is 1. The molecule has 1 aliphatic rings. The highest BCUT2D eigenvalue weighted by molar-refractivity contribution is 5.88. The molecule has 1 aromatic heterocycles. The van der Waals surface area contributed by atoms with Crippen LogP contribution in [0.25, 0.3) is 0 Å². The van der Waals surface area contributed by atoms with Gasteiger partial charge in [0.05, 0.1) is 11.9 Å². The topological polar surface area (TPSA) is 76.4 Å². The van der Waals surface area contributed by atoms with Gasteiger partial charge >= 0.3 is 5.97 Å². The summed E-state index contributed by atoms with van der Waals surface area (Å²) in [5, 5.41) is 16.3. The zero-order valence-electron chi connectivity index (χ0n) is 10.6. The van der Waals surface area contributed by atoms with E-state index in [-0.39, 0.29) is 5.56 Å². The van der Waals surface area contributed by atoms with E-state index in [4.69, 9.17) is 9.84 Å². The zero-order chi connectivity index (χ0) is 13.0. The SMILES string of the molecule is Cn1ncc(C(=O)O)c1CNCCC1CCOC1. The molecule has 1 unspecified atom stereocenters. The lowest BCUT2D eigenvalue weighted by molar-refractivity contribution is 0.0695. The van der Waals surface area contributed by atoms with Crippen molar-refractivity contribution in [2.75, 3.05) is 19.8 Å². The smallest absolute Gasteiger partial charge is 0.339 e. The fourth-order valence-electron chi connectivity index (χ4n) is 2.18. The summed E-state index contributed by atoms with van der Waals surface area (Å²) in [6, 6.07) is 0. The highest BCUT2D eigenvalue weighted by Gasteiger charge is 2.16. The van der Waals surface area contributed by atoms with Crippen LogP contribution < -0.4 is 5.32 Å². The van der Waals surface area contributed by atoms with E-state index in [1.807, 2.05) is 0 Å². The van der Waals surface area contributed by atoms with Gasteiger partial charge in [0, 0.05) is 26.8 Å². The quantitative estimate of drug-likeness (QED) is 0.727. The molecule has 1 aromatic rings. The van der Waals surface area contributed by atoms with Gasteiger partial charge in [-0.1, -0.05) is 0 Å². The molecule has 0 saturated carbocycles. The first-order chi connectivity index (χ1) is 8.68. The Labute approximate surface area is 106 Å². The summed E-state index contributed by atoms with van der Waals surface area (Å²) in [5.41, 5.74) is 0.986. The van der Waals surface area contributed by atoms with Crippen molar-refractivity contribution < 1.29 is 14.6 Å². The molecule has 2 heterocycles. The first kappa shape index (κ1) is 13.0. The second-order valence-electron chi connectivity index (χ2n) is 4.63. The van der Waals surface area contributed by atoms with Crippen LogP contribution in [-0.4, -0.2) is 40.6 Å². The van der Waals surface area contributed by atoms with Crippen molar-refractivity contribution in [1.29, 1.82) is 0 Å². The number of hydrogen-bond donors (Lipinski definition) is 2. The van der Waals surface area contributed by atoms with Crippen LogP contribution in [0.4, 0.5) is 0 Å². The van der Waals surface area contributed by atoms with Gasteiger partial charge in [-0.2, -0.15) is 5.10 Å². The molecule has 0 bridgehead atoms. The van der Waals surface area contributed by atoms with E-state index in [1.54, 1.807) is 11.7 Å². The maximum atomic E-state index is 11.0. The Balaban J connectivity index is 1.78. The fourth-order valence-corrected chi connectivity index (χ4v) is 2.18. The minimum absolute atomic E-state index is 0.272. The van der Waals surface area contributed by atoms with Crippen LogP contribution in [0.15, 0.2) is 6.20 Å². The van der Waals surface area contributed by atoms with E-state index in [0.29, 0.717) is 18.2 Å². The van der Waals surface area contributed by atoms with Crippen LogP contribution in [0.3, 0.4) is 0 Å². The van der Waals surface area contributed by atoms with Crippen molar-refractivity contribution in [2.45, 2.75) is 19.4 Å². The molecule has 0 amide bonds. The van der Waals surface area contributed by atoms with Crippen molar-refractivity contribution in [3.8, 4) is 0 Å². The molecule has 1 atom stereocenters. The van der Waals surface area contributed by atoms with E-state index in [9.17, 15) is 4.79 Å². The molecular formula is C12H19N3O3. The molecule has 1 fully saturated rings. The molecule has 18 heavy (non-hydrogen) atoms. The number of nitrogens with one attached hydrogen (secondary N) is 1. The molecular weight excluding hydrogens is 234 g/mol. The Morgan fingerprint density at radius 3 is 3.22 bits per heavy atom. The van der Waals surface area contributed by atoms with Gasteiger partial charge in [-0.05, 0) is 25.3 Å². The minimum Gasteiger partial charge on any atom is -0.478 e. The van der Waals surface area contributed by atoms with Gasteiger partial charge in [0.2, 0.25) is 0 Å². The zero-order valence-corrected chi connectivity index (χ0v) is 10.6. The number of carbonyl (C=O) groups is 1. The number of aromatic carboxylic acids is 1. The summed E-state index contributed by atoms with van der Waals surface area (Å²) in [6.07, 6.45) is 3.60. The van der Waals surface area contributed by atoms with Crippen LogP contribution in [0, 0.1) is 5.92 Å². The highest BCUT2D eigenvalue weighted by atomic mass is 16.5. The number of aromatic nitrogens is 2. The van der Waals surface area contributed by atoms with Gasteiger partial charge in [-0.15, -0.1) is 0 Å². The van der Waals surface area contributed by atoms with Gasteiger partial charge < -0.3 is 15.2 Å². The van der Waals surface area contributed by atoms with Crippen LogP contribution >= 0.6 is 0 Å². The Bertz CT molecular complexity index is 411. The third-order valence-corrected chi connectivity index (χ3v) is 3.34. The molecule has 0 aliphatic carbocycles. The van der Waals surface area contributed by atoms with Crippen LogP contribution in [0.1, 0.15) is 28.9 Å². The minimum atomic E-state index is -0.927. The van der Waals surface area contributed by atoms with Crippen LogP contribution in [0.2, 0.25) is 0 Å². The molecule has 0 radical (unpaired) electrons. The molecule has 2 N–H and O–H groups in total. The summed E-state index contributed by atoms with van der Waals surface area (Å²) in [4.78, 5) is 11.0. The highest BCUT2D eigenvalue weighted by Crippen LogP contribution is 2.15. The van der Waals surface area contributed by atoms with E-state index < -0.39 is 5.97 Å². The Kier molecular flexibility index (Phi) is 4.33. The molecule has 6 nitrogen and oxygen atoms in total. The normalized spacial score (nSPS) is 19.3. The van der Waals surface area contributed by atoms with Crippen molar-refractivity contribution >= 4 is 5.97 Å². The average Bonchev–Trinajstić information content (AvgIpc) is 2.94. The number of ether oxygens (including phenoxy) is 1. The first-order valence-electron chi connectivity index (χ1n) is 6.21. The number of nitrogens with zero attached hydrogens (tertiary/aromatic N) is 2. The molecule has 0 spiro atoms. The first-order valence-corrected chi connectivity index (χ1v) is 6.21. The lowest BCUT2D eigenvalue weighted by atomic mass is 10.1. The van der Waals surface area contributed by atoms with Gasteiger partial charge in [-0.3, -0.25) is 4.68 Å². The largest absolute Gasteiger partial charge is 0.478 e. The van der Waals surface area contributed by atoms with Crippen molar-refractivity contribution in [3.63, 3.8) is 0 Å². The van der Waals surface area contributed by atoms with E-state index in [1.165, 1.54) is 6.20 Å². The second-order valence-corrected chi connectivity index (χ2v) is 4.63. The van der Waals surface area contributed by atoms with Gasteiger partial charge in [0.1, 0.15) is 5.56 Å². The monoisotopic (exact) mass is 253 g/mol. The maximum Gasteiger partial charge on any atom is 0.339 e. The number of rotatable bonds is 6. The molecule has 1 aliphatic heterocycles. The predicted octanol–water partition coefficient (Wildman–Crippen LogP) is 0.634. The summed E-state index contributed by atoms with van der Waals surface area (Å²) in [5.74, 6) is -0.285. The Morgan fingerprint density at radius 2 is 2.56 bits per heavy atom. The molecule has 100 valence electrons. The van der Waals surface area contributed by atoms with Crippen LogP contribution in [-0.2, 0) is 18.3 Å². The van der Waals surface area contributed by atoms with Crippen molar-refractivity contribution in [1.82, 2.24) is 15.1 Å². The maximum absolute atomic E-state index is 11.0. The lowest BCUT2D eigenvalue weighted by Crippen LogP contribution is -2.21. The summed E-state index contributed by atoms with van der Waals surface area (Å²) in [6.45, 7) is 3.13. The number of carboxylic acid groups (broad SMARTS) is 1. The third kappa shape index (κ3) is 3.08. The lowest BCUT2D eigenvalue weighted by Gasteiger charge is -2.09. The Hall–Kier alpha value is -1.40. The van der Waals surface area contributed by atoms with E-state index >= 15 is 0 Å². The Morgan fingerprint density at radius 1 is 1.72 bits per heavy atom. The summed E-state index contributed by atoms with van der Waals surface area (Å²) >= 11 is 0. The van der Waals surface area contributed by atoms with Crippen molar-refractivity contribution in [2.24, 2.45) is 13.0 Å². The fraction of sp³-hybridized carbons (Fsp3) is 0.667. The number of aryl methyl sites for hydroxylation is 1. The molecule has 1 saturated heterocycles. The van der Waals surface area contributed by atoms with E-state index in [0.717, 1.165) is 32.6 Å². The molecule has 2 rings (SSSR count). The third-order valence-electron chi connectivity index (χ3n) is 3.34. The van der Waals surface area contributed by atoms with Crippen LogP contribution in [0.5, 0.6) is 0 Å². The molecule has 0 aromatic carbocycles. The van der Waals surface area contributed by atoms with Crippen molar-refractivity contribution in [3.05, 3.63) is 17.5 Å². The summed E-state index contributed by atoms with van der Waals surface area (Å²) in [7, 11) is 1.76. The number of hydrogen-bond acceptors (Lipinski definition) is 4. The second kappa shape index (κ2) is 5.97. The molecule has 6 heteroatoms. The average molecular weight is 253 g/mol. The van der Waals surface area contributed by atoms with E-state index in [2.05, 4.69) is 10.4 Å². The van der Waals surface area contributed by atoms with Gasteiger partial charge in [0.15, 0.2) is 0 Å². The standard InChI is InChI=1S/C12H19N3O3/c1-15-11(10(6-14-15)12(16)17)7-13-4-2-9-3-5-18-8-9/h6,9,13H,2-5,7-8H2,1H3,(H,16,17).